The third kappa shape index (κ3) is 3.05. The molecule has 4 heteroatoms. The standard InChI is InChI=1S/C13H16N2OS/c1-15(2)11-5-3-10(4-6-11)12(16)9-13-14-7-8-17-13/h3-8,12,16H,9H2,1-2H3. The fraction of sp³-hybridized carbons (Fsp3) is 0.308. The second-order valence-corrected chi connectivity index (χ2v) is 5.11. The van der Waals surface area contributed by atoms with Crippen molar-refractivity contribution in [2.75, 3.05) is 19.0 Å². The first-order valence-corrected chi connectivity index (χ1v) is 6.38. The average molecular weight is 248 g/mol. The van der Waals surface area contributed by atoms with E-state index in [1.54, 1.807) is 17.5 Å². The van der Waals surface area contributed by atoms with Gasteiger partial charge in [-0.05, 0) is 17.7 Å². The molecule has 2 aromatic rings. The summed E-state index contributed by atoms with van der Waals surface area (Å²) in [7, 11) is 4.00. The monoisotopic (exact) mass is 248 g/mol. The summed E-state index contributed by atoms with van der Waals surface area (Å²) < 4.78 is 0. The van der Waals surface area contributed by atoms with Crippen molar-refractivity contribution < 1.29 is 5.11 Å². The van der Waals surface area contributed by atoms with E-state index in [-0.39, 0.29) is 0 Å². The van der Waals surface area contributed by atoms with Crippen molar-refractivity contribution in [2.24, 2.45) is 0 Å². The summed E-state index contributed by atoms with van der Waals surface area (Å²) in [4.78, 5) is 6.22. The molecule has 0 saturated carbocycles. The van der Waals surface area contributed by atoms with Gasteiger partial charge in [0.25, 0.3) is 0 Å². The summed E-state index contributed by atoms with van der Waals surface area (Å²) in [5, 5.41) is 13.0. The summed E-state index contributed by atoms with van der Waals surface area (Å²) in [6.45, 7) is 0. The van der Waals surface area contributed by atoms with E-state index >= 15 is 0 Å². The van der Waals surface area contributed by atoms with Crippen LogP contribution in [-0.2, 0) is 6.42 Å². The fourth-order valence-electron chi connectivity index (χ4n) is 1.63. The van der Waals surface area contributed by atoms with E-state index in [1.807, 2.05) is 48.6 Å². The van der Waals surface area contributed by atoms with Gasteiger partial charge in [-0.3, -0.25) is 0 Å². The quantitative estimate of drug-likeness (QED) is 0.903. The molecular formula is C13H16N2OS. The first-order chi connectivity index (χ1) is 8.16. The zero-order valence-electron chi connectivity index (χ0n) is 10.00. The molecule has 0 saturated heterocycles. The number of rotatable bonds is 4. The van der Waals surface area contributed by atoms with Gasteiger partial charge in [0, 0.05) is 37.8 Å². The Morgan fingerprint density at radius 2 is 2.00 bits per heavy atom. The highest BCUT2D eigenvalue weighted by molar-refractivity contribution is 7.09. The number of anilines is 1. The maximum Gasteiger partial charge on any atom is 0.0954 e. The Bertz CT molecular complexity index is 451. The summed E-state index contributed by atoms with van der Waals surface area (Å²) in [6.07, 6.45) is 1.87. The summed E-state index contributed by atoms with van der Waals surface area (Å²) in [6, 6.07) is 7.96. The van der Waals surface area contributed by atoms with Crippen LogP contribution in [0.2, 0.25) is 0 Å². The van der Waals surface area contributed by atoms with Crippen molar-refractivity contribution >= 4 is 17.0 Å². The van der Waals surface area contributed by atoms with Gasteiger partial charge in [-0.1, -0.05) is 12.1 Å². The molecule has 1 aromatic heterocycles. The third-order valence-electron chi connectivity index (χ3n) is 2.65. The smallest absolute Gasteiger partial charge is 0.0954 e. The zero-order chi connectivity index (χ0) is 12.3. The van der Waals surface area contributed by atoms with Crippen LogP contribution >= 0.6 is 11.3 Å². The summed E-state index contributed by atoms with van der Waals surface area (Å²) in [5.74, 6) is 0. The van der Waals surface area contributed by atoms with Crippen molar-refractivity contribution in [3.05, 3.63) is 46.4 Å². The Kier molecular flexibility index (Phi) is 3.76. The van der Waals surface area contributed by atoms with Gasteiger partial charge in [0.1, 0.15) is 0 Å². The molecule has 1 unspecified atom stereocenters. The van der Waals surface area contributed by atoms with Crippen molar-refractivity contribution in [2.45, 2.75) is 12.5 Å². The Morgan fingerprint density at radius 1 is 1.29 bits per heavy atom. The van der Waals surface area contributed by atoms with Crippen molar-refractivity contribution in [1.82, 2.24) is 4.98 Å². The van der Waals surface area contributed by atoms with Gasteiger partial charge in [-0.2, -0.15) is 0 Å². The number of aromatic nitrogens is 1. The topological polar surface area (TPSA) is 36.4 Å². The van der Waals surface area contributed by atoms with Gasteiger partial charge in [0.15, 0.2) is 0 Å². The summed E-state index contributed by atoms with van der Waals surface area (Å²) >= 11 is 1.57. The van der Waals surface area contributed by atoms with E-state index in [9.17, 15) is 5.11 Å². The Labute approximate surface area is 105 Å². The number of aliphatic hydroxyl groups is 1. The maximum absolute atomic E-state index is 10.1. The largest absolute Gasteiger partial charge is 0.388 e. The van der Waals surface area contributed by atoms with Crippen LogP contribution in [-0.4, -0.2) is 24.2 Å². The first-order valence-electron chi connectivity index (χ1n) is 5.50. The molecule has 17 heavy (non-hydrogen) atoms. The van der Waals surface area contributed by atoms with Crippen molar-refractivity contribution in [1.29, 1.82) is 0 Å². The lowest BCUT2D eigenvalue weighted by Gasteiger charge is -2.14. The minimum atomic E-state index is -0.475. The van der Waals surface area contributed by atoms with E-state index in [0.29, 0.717) is 6.42 Å². The molecule has 1 N–H and O–H groups in total. The zero-order valence-corrected chi connectivity index (χ0v) is 10.8. The second kappa shape index (κ2) is 5.29. The molecule has 0 aliphatic carbocycles. The molecule has 90 valence electrons. The normalized spacial score (nSPS) is 12.4. The number of benzene rings is 1. The van der Waals surface area contributed by atoms with Crippen LogP contribution in [0.4, 0.5) is 5.69 Å². The number of aliphatic hydroxyl groups excluding tert-OH is 1. The van der Waals surface area contributed by atoms with Crippen LogP contribution in [0, 0.1) is 0 Å². The van der Waals surface area contributed by atoms with Crippen molar-refractivity contribution in [3.63, 3.8) is 0 Å². The number of nitrogens with zero attached hydrogens (tertiary/aromatic N) is 2. The summed E-state index contributed by atoms with van der Waals surface area (Å²) in [5.41, 5.74) is 2.07. The molecular weight excluding hydrogens is 232 g/mol. The molecule has 0 aliphatic heterocycles. The molecule has 1 atom stereocenters. The highest BCUT2D eigenvalue weighted by atomic mass is 32.1. The van der Waals surface area contributed by atoms with E-state index in [1.165, 1.54) is 0 Å². The molecule has 0 bridgehead atoms. The number of hydrogen-bond donors (Lipinski definition) is 1. The van der Waals surface area contributed by atoms with Crippen LogP contribution < -0.4 is 4.90 Å². The highest BCUT2D eigenvalue weighted by Gasteiger charge is 2.10. The van der Waals surface area contributed by atoms with Crippen molar-refractivity contribution in [3.8, 4) is 0 Å². The van der Waals surface area contributed by atoms with Crippen LogP contribution in [0.3, 0.4) is 0 Å². The van der Waals surface area contributed by atoms with E-state index in [0.717, 1.165) is 16.3 Å². The van der Waals surface area contributed by atoms with Gasteiger partial charge in [-0.25, -0.2) is 4.98 Å². The molecule has 1 aromatic carbocycles. The SMILES string of the molecule is CN(C)c1ccc(C(O)Cc2nccs2)cc1. The van der Waals surface area contributed by atoms with Crippen LogP contribution in [0.5, 0.6) is 0 Å². The Morgan fingerprint density at radius 3 is 2.53 bits per heavy atom. The van der Waals surface area contributed by atoms with Crippen LogP contribution in [0.15, 0.2) is 35.8 Å². The second-order valence-electron chi connectivity index (χ2n) is 4.13. The highest BCUT2D eigenvalue weighted by Crippen LogP contribution is 2.21. The lowest BCUT2D eigenvalue weighted by atomic mass is 10.1. The Balaban J connectivity index is 2.06. The van der Waals surface area contributed by atoms with E-state index in [2.05, 4.69) is 4.98 Å². The minimum Gasteiger partial charge on any atom is -0.388 e. The van der Waals surface area contributed by atoms with E-state index < -0.39 is 6.10 Å². The third-order valence-corrected chi connectivity index (χ3v) is 3.45. The molecule has 2 rings (SSSR count). The fourth-order valence-corrected chi connectivity index (χ4v) is 2.29. The lowest BCUT2D eigenvalue weighted by molar-refractivity contribution is 0.178. The molecule has 0 aliphatic rings. The number of hydrogen-bond acceptors (Lipinski definition) is 4. The molecule has 3 nitrogen and oxygen atoms in total. The average Bonchev–Trinajstić information content (AvgIpc) is 2.82. The number of thiazole rings is 1. The van der Waals surface area contributed by atoms with Gasteiger partial charge in [0.2, 0.25) is 0 Å². The molecule has 0 spiro atoms. The molecule has 1 heterocycles. The minimum absolute atomic E-state index is 0.475. The van der Waals surface area contributed by atoms with Gasteiger partial charge in [0.05, 0.1) is 11.1 Å². The Hall–Kier alpha value is -1.39. The predicted octanol–water partition coefficient (Wildman–Crippen LogP) is 2.49. The molecule has 0 radical (unpaired) electrons. The van der Waals surface area contributed by atoms with Gasteiger partial charge in [-0.15, -0.1) is 11.3 Å². The molecule has 0 fully saturated rings. The predicted molar refractivity (Wildman–Crippen MR) is 71.5 cm³/mol. The van der Waals surface area contributed by atoms with Crippen LogP contribution in [0.1, 0.15) is 16.7 Å². The van der Waals surface area contributed by atoms with Gasteiger partial charge < -0.3 is 10.0 Å². The van der Waals surface area contributed by atoms with Gasteiger partial charge >= 0.3 is 0 Å². The maximum atomic E-state index is 10.1. The van der Waals surface area contributed by atoms with Crippen LogP contribution in [0.25, 0.3) is 0 Å². The lowest BCUT2D eigenvalue weighted by Crippen LogP contribution is -2.09. The van der Waals surface area contributed by atoms with E-state index in [4.69, 9.17) is 0 Å². The first kappa shape index (κ1) is 12.1. The molecule has 0 amide bonds.